The van der Waals surface area contributed by atoms with Crippen LogP contribution >= 0.6 is 11.6 Å². The molecule has 0 radical (unpaired) electrons. The van der Waals surface area contributed by atoms with E-state index in [1.807, 2.05) is 13.8 Å². The highest BCUT2D eigenvalue weighted by molar-refractivity contribution is 6.30. The Bertz CT molecular complexity index is 513. The van der Waals surface area contributed by atoms with Crippen molar-refractivity contribution in [3.63, 3.8) is 0 Å². The van der Waals surface area contributed by atoms with Gasteiger partial charge in [0.25, 0.3) is 5.89 Å². The van der Waals surface area contributed by atoms with Gasteiger partial charge in [0, 0.05) is 5.02 Å². The Labute approximate surface area is 116 Å². The van der Waals surface area contributed by atoms with E-state index in [1.54, 1.807) is 24.3 Å². The van der Waals surface area contributed by atoms with E-state index in [4.69, 9.17) is 20.8 Å². The molecule has 1 unspecified atom stereocenters. The lowest BCUT2D eigenvalue weighted by molar-refractivity contribution is 0.255. The molecule has 102 valence electrons. The van der Waals surface area contributed by atoms with Crippen LogP contribution in [0.5, 0.6) is 5.75 Å². The molecular weight excluding hydrogens is 266 g/mol. The largest absolute Gasteiger partial charge is 0.484 e. The monoisotopic (exact) mass is 281 g/mol. The predicted octanol–water partition coefficient (Wildman–Crippen LogP) is 2.97. The van der Waals surface area contributed by atoms with E-state index in [0.29, 0.717) is 22.6 Å². The van der Waals surface area contributed by atoms with Crippen LogP contribution in [0.25, 0.3) is 0 Å². The van der Waals surface area contributed by atoms with Gasteiger partial charge in [-0.3, -0.25) is 0 Å². The molecule has 0 spiro atoms. The van der Waals surface area contributed by atoms with Gasteiger partial charge in [-0.15, -0.1) is 10.2 Å². The quantitative estimate of drug-likeness (QED) is 0.882. The molecule has 0 fully saturated rings. The van der Waals surface area contributed by atoms with Crippen LogP contribution in [-0.2, 0) is 6.61 Å². The Balaban J connectivity index is 1.91. The van der Waals surface area contributed by atoms with Gasteiger partial charge in [-0.1, -0.05) is 18.5 Å². The van der Waals surface area contributed by atoms with E-state index in [9.17, 15) is 0 Å². The fourth-order valence-electron chi connectivity index (χ4n) is 1.57. The number of hydrogen-bond donors (Lipinski definition) is 1. The van der Waals surface area contributed by atoms with Crippen molar-refractivity contribution in [3.8, 4) is 5.75 Å². The topological polar surface area (TPSA) is 60.2 Å². The molecule has 0 bridgehead atoms. The molecule has 0 saturated heterocycles. The van der Waals surface area contributed by atoms with Gasteiger partial charge >= 0.3 is 0 Å². The molecule has 0 saturated carbocycles. The molecule has 1 atom stereocenters. The van der Waals surface area contributed by atoms with Crippen molar-refractivity contribution in [3.05, 3.63) is 41.1 Å². The summed E-state index contributed by atoms with van der Waals surface area (Å²) in [6.45, 7) is 5.09. The molecule has 0 amide bonds. The number of aromatic nitrogens is 2. The third-order valence-corrected chi connectivity index (χ3v) is 2.79. The van der Waals surface area contributed by atoms with E-state index in [0.717, 1.165) is 6.54 Å². The van der Waals surface area contributed by atoms with Gasteiger partial charge < -0.3 is 14.5 Å². The third-order valence-electron chi connectivity index (χ3n) is 2.54. The van der Waals surface area contributed by atoms with Crippen molar-refractivity contribution >= 4 is 11.6 Å². The number of nitrogens with one attached hydrogen (secondary N) is 1. The summed E-state index contributed by atoms with van der Waals surface area (Å²) in [5.41, 5.74) is 0. The third kappa shape index (κ3) is 3.94. The van der Waals surface area contributed by atoms with Crippen LogP contribution < -0.4 is 10.1 Å². The summed E-state index contributed by atoms with van der Waals surface area (Å²) in [7, 11) is 0. The molecule has 0 aliphatic rings. The van der Waals surface area contributed by atoms with Crippen molar-refractivity contribution in [2.75, 3.05) is 6.54 Å². The molecule has 1 aromatic carbocycles. The summed E-state index contributed by atoms with van der Waals surface area (Å²) in [5, 5.41) is 11.8. The molecule has 5 nitrogen and oxygen atoms in total. The van der Waals surface area contributed by atoms with Gasteiger partial charge in [-0.25, -0.2) is 0 Å². The molecule has 1 heterocycles. The maximum atomic E-state index is 5.79. The molecule has 1 aromatic heterocycles. The molecule has 2 aromatic rings. The minimum Gasteiger partial charge on any atom is -0.484 e. The van der Waals surface area contributed by atoms with E-state index >= 15 is 0 Å². The first-order chi connectivity index (χ1) is 9.19. The van der Waals surface area contributed by atoms with Crippen molar-refractivity contribution < 1.29 is 9.15 Å². The Morgan fingerprint density at radius 2 is 2.05 bits per heavy atom. The second kappa shape index (κ2) is 6.54. The number of rotatable bonds is 6. The SMILES string of the molecule is CCNC(C)c1nnc(COc2ccc(Cl)cc2)o1. The molecule has 19 heavy (non-hydrogen) atoms. The summed E-state index contributed by atoms with van der Waals surface area (Å²) >= 11 is 5.79. The highest BCUT2D eigenvalue weighted by atomic mass is 35.5. The zero-order valence-corrected chi connectivity index (χ0v) is 11.6. The number of benzene rings is 1. The molecule has 2 rings (SSSR count). The van der Waals surface area contributed by atoms with Crippen LogP contribution in [0.1, 0.15) is 31.7 Å². The summed E-state index contributed by atoms with van der Waals surface area (Å²) in [6, 6.07) is 7.16. The van der Waals surface area contributed by atoms with Crippen LogP contribution in [0.3, 0.4) is 0 Å². The Hall–Kier alpha value is -1.59. The van der Waals surface area contributed by atoms with Crippen LogP contribution in [0.4, 0.5) is 0 Å². The predicted molar refractivity (Wildman–Crippen MR) is 72.2 cm³/mol. The van der Waals surface area contributed by atoms with Gasteiger partial charge in [0.1, 0.15) is 5.75 Å². The smallest absolute Gasteiger partial charge is 0.253 e. The second-order valence-corrected chi connectivity index (χ2v) is 4.49. The van der Waals surface area contributed by atoms with Crippen molar-refractivity contribution in [1.82, 2.24) is 15.5 Å². The second-order valence-electron chi connectivity index (χ2n) is 4.06. The van der Waals surface area contributed by atoms with Crippen LogP contribution in [0.2, 0.25) is 5.02 Å². The normalized spacial score (nSPS) is 12.4. The van der Waals surface area contributed by atoms with Gasteiger partial charge in [0.2, 0.25) is 5.89 Å². The molecule has 0 aliphatic heterocycles. The fourth-order valence-corrected chi connectivity index (χ4v) is 1.70. The van der Waals surface area contributed by atoms with Gasteiger partial charge in [-0.05, 0) is 37.7 Å². The minimum absolute atomic E-state index is 0.0433. The lowest BCUT2D eigenvalue weighted by Crippen LogP contribution is -2.17. The number of hydrogen-bond acceptors (Lipinski definition) is 5. The van der Waals surface area contributed by atoms with Crippen LogP contribution in [0, 0.1) is 0 Å². The van der Waals surface area contributed by atoms with Crippen molar-refractivity contribution in [1.29, 1.82) is 0 Å². The highest BCUT2D eigenvalue weighted by Gasteiger charge is 2.12. The maximum Gasteiger partial charge on any atom is 0.253 e. The summed E-state index contributed by atoms with van der Waals surface area (Å²) < 4.78 is 11.0. The van der Waals surface area contributed by atoms with Crippen molar-refractivity contribution in [2.24, 2.45) is 0 Å². The fraction of sp³-hybridized carbons (Fsp3) is 0.385. The van der Waals surface area contributed by atoms with Gasteiger partial charge in [-0.2, -0.15) is 0 Å². The summed E-state index contributed by atoms with van der Waals surface area (Å²) in [4.78, 5) is 0. The number of ether oxygens (including phenoxy) is 1. The lowest BCUT2D eigenvalue weighted by atomic mass is 10.3. The first-order valence-electron chi connectivity index (χ1n) is 6.13. The number of halogens is 1. The Kier molecular flexibility index (Phi) is 4.76. The minimum atomic E-state index is 0.0433. The first kappa shape index (κ1) is 13.8. The standard InChI is InChI=1S/C13H16ClN3O2/c1-3-15-9(2)13-17-16-12(19-13)8-18-11-6-4-10(14)5-7-11/h4-7,9,15H,3,8H2,1-2H3. The zero-order chi connectivity index (χ0) is 13.7. The molecular formula is C13H16ClN3O2. The molecule has 1 N–H and O–H groups in total. The average Bonchev–Trinajstić information content (AvgIpc) is 2.87. The summed E-state index contributed by atoms with van der Waals surface area (Å²) in [6.07, 6.45) is 0. The highest BCUT2D eigenvalue weighted by Crippen LogP contribution is 2.17. The van der Waals surface area contributed by atoms with E-state index in [1.165, 1.54) is 0 Å². The van der Waals surface area contributed by atoms with Crippen molar-refractivity contribution in [2.45, 2.75) is 26.5 Å². The average molecular weight is 282 g/mol. The Morgan fingerprint density at radius 1 is 1.32 bits per heavy atom. The lowest BCUT2D eigenvalue weighted by Gasteiger charge is -2.06. The van der Waals surface area contributed by atoms with Crippen LogP contribution in [0.15, 0.2) is 28.7 Å². The van der Waals surface area contributed by atoms with E-state index < -0.39 is 0 Å². The molecule has 6 heteroatoms. The summed E-state index contributed by atoms with van der Waals surface area (Å²) in [5.74, 6) is 1.73. The van der Waals surface area contributed by atoms with E-state index in [2.05, 4.69) is 15.5 Å². The zero-order valence-electron chi connectivity index (χ0n) is 10.9. The number of nitrogens with zero attached hydrogens (tertiary/aromatic N) is 2. The first-order valence-corrected chi connectivity index (χ1v) is 6.51. The molecule has 0 aliphatic carbocycles. The van der Waals surface area contributed by atoms with E-state index in [-0.39, 0.29) is 12.6 Å². The van der Waals surface area contributed by atoms with Crippen LogP contribution in [-0.4, -0.2) is 16.7 Å². The maximum absolute atomic E-state index is 5.79. The van der Waals surface area contributed by atoms with Gasteiger partial charge in [0.15, 0.2) is 6.61 Å². The van der Waals surface area contributed by atoms with Gasteiger partial charge in [0.05, 0.1) is 6.04 Å². The Morgan fingerprint density at radius 3 is 2.74 bits per heavy atom.